The summed E-state index contributed by atoms with van der Waals surface area (Å²) in [5, 5.41) is 76.4. The van der Waals surface area contributed by atoms with Crippen LogP contribution in [0.1, 0.15) is 98.6 Å². The van der Waals surface area contributed by atoms with Gasteiger partial charge in [0.1, 0.15) is 68.3 Å². The summed E-state index contributed by atoms with van der Waals surface area (Å²) in [4.78, 5) is 78.6. The average Bonchev–Trinajstić information content (AvgIpc) is 1.70. The van der Waals surface area contributed by atoms with E-state index >= 15 is 0 Å². The van der Waals surface area contributed by atoms with Crippen molar-refractivity contribution in [2.24, 2.45) is 0 Å². The van der Waals surface area contributed by atoms with Gasteiger partial charge in [0, 0.05) is 132 Å². The topological polar surface area (TPSA) is 536 Å². The molecule has 754 valence electrons. The normalized spacial score (nSPS) is 10.4. The minimum atomic E-state index is -4.47. The second-order valence-electron chi connectivity index (χ2n) is 31.2. The number of nitrogens with zero attached hydrogens (tertiary/aromatic N) is 42. The summed E-state index contributed by atoms with van der Waals surface area (Å²) in [6.45, 7) is 21.8. The third-order valence-electron chi connectivity index (χ3n) is 17.9. The second-order valence-corrected chi connectivity index (χ2v) is 31.2. The molecule has 20 heterocycles. The Labute approximate surface area is 896 Å². The zero-order chi connectivity index (χ0) is 102. The van der Waals surface area contributed by atoms with E-state index in [1.54, 1.807) is 77.3 Å². The van der Waals surface area contributed by atoms with E-state index in [9.17, 15) is 26.3 Å². The van der Waals surface area contributed by atoms with E-state index in [0.29, 0.717) is 34.4 Å². The van der Waals surface area contributed by atoms with Crippen LogP contribution in [0.4, 0.5) is 26.3 Å². The van der Waals surface area contributed by atoms with Gasteiger partial charge < -0.3 is 98.0 Å². The summed E-state index contributed by atoms with van der Waals surface area (Å²) in [5.41, 5.74) is 15.2. The number of halogens is 6. The molecule has 0 unspecified atom stereocenters. The summed E-state index contributed by atoms with van der Waals surface area (Å²) in [6.07, 6.45) is 32.5. The van der Waals surface area contributed by atoms with Gasteiger partial charge in [0.25, 0.3) is 0 Å². The Morgan fingerprint density at radius 2 is 0.527 bits per heavy atom. The first-order valence-electron chi connectivity index (χ1n) is 42.6. The Kier molecular flexibility index (Phi) is 45.7. The van der Waals surface area contributed by atoms with Gasteiger partial charge in [-0.2, -0.15) is 42.6 Å². The second kappa shape index (κ2) is 58.2. The first kappa shape index (κ1) is 116. The molecule has 0 fully saturated rings. The van der Waals surface area contributed by atoms with Gasteiger partial charge >= 0.3 is 93.7 Å². The SMILES string of the molecule is CC(C)(C)c1n[n-]c(-c2ccncn2)n1.CC(C)(C)c1n[n-]c(-c2ccncn2)n1.Cc1cc(-c2ccncn2)[n-]n1.Cc1cc(-c2ccncn2)[n-]n1.Cc1cc(-c2ccncn2)[n-]n1.Cc1cc(-c2ccncn2)[n-]n1.Cc1cc(-c2ccncn2)[n-]n1.FC(F)(F)c1cc(-c2ccncn2)[n-]n1.FC(F)(F)c1cc(-c2ccncn2)[n-]n1.[C-]#Cc1ccccc1.[Ir+3].[Ir+3].[Ir+3].[Pt+2].[c-]1c(-n2cccn2)cccc1-n1cccn1. The zero-order valence-electron chi connectivity index (χ0n) is 79.6. The molecule has 0 N–H and O–H groups in total. The van der Waals surface area contributed by atoms with Crippen molar-refractivity contribution < 1.29 is 108 Å². The van der Waals surface area contributed by atoms with Gasteiger partial charge in [-0.1, -0.05) is 130 Å². The molecule has 42 nitrogen and oxygen atoms in total. The minimum Gasteiger partial charge on any atom is -0.574 e. The summed E-state index contributed by atoms with van der Waals surface area (Å²) in [7, 11) is 0. The van der Waals surface area contributed by atoms with Crippen molar-refractivity contribution in [2.75, 3.05) is 0 Å². The maximum atomic E-state index is 12.2. The molecule has 0 aliphatic heterocycles. The maximum absolute atomic E-state index is 12.2. The van der Waals surface area contributed by atoms with Crippen molar-refractivity contribution in [3.63, 3.8) is 0 Å². The minimum absolute atomic E-state index is 0. The fraction of sp³-hybridized carbons (Fsp3) is 0.156. The third-order valence-corrected chi connectivity index (χ3v) is 17.9. The zero-order valence-corrected chi connectivity index (χ0v) is 89.0. The molecule has 22 aromatic rings. The Balaban J connectivity index is 0.000000199. The quantitative estimate of drug-likeness (QED) is 0.0659. The molecule has 0 atom stereocenters. The van der Waals surface area contributed by atoms with Crippen molar-refractivity contribution in [1.82, 2.24) is 211 Å². The van der Waals surface area contributed by atoms with Gasteiger partial charge in [0.2, 0.25) is 0 Å². The standard InChI is InChI=1S/C12H9N4.2C10H12N5.2C8H4F3N4.5C8H7N4.C8H5.3Ir.Pt/c1-4-11(15-8-2-6-13-15)10-12(5-1)16-9-3-7-14-16;2*1-10(2,3)9-13-8(14-15-9)7-4-5-11-6-12-7;2*9-8(10,11)7-3-6(14-15-7)5-1-2-12-4-13-5;5*1-6-4-8(12-11-6)7-2-3-9-5-10-7;1-2-8-6-4-3-5-7-8;;;;/h1-9H;2*4-6H,1-3H3;2*1-4H;5*2-5H,1H3;3-7H;;;;/q11*-1;3*+3;+2. The van der Waals surface area contributed by atoms with E-state index < -0.39 is 23.7 Å². The van der Waals surface area contributed by atoms with Crippen molar-refractivity contribution in [3.8, 4) is 120 Å². The number of aryl methyl sites for hydroxylation is 5. The van der Waals surface area contributed by atoms with Gasteiger partial charge in [-0.05, 0) is 137 Å². The predicted molar refractivity (Wildman–Crippen MR) is 506 cm³/mol. The van der Waals surface area contributed by atoms with Crippen LogP contribution < -0.4 is 45.9 Å². The van der Waals surface area contributed by atoms with Crippen LogP contribution in [0.5, 0.6) is 0 Å². The van der Waals surface area contributed by atoms with Gasteiger partial charge in [0.05, 0.1) is 51.2 Å². The summed E-state index contributed by atoms with van der Waals surface area (Å²) in [5.74, 6) is 4.86. The molecule has 2 aromatic carbocycles. The molecule has 20 aromatic heterocycles. The van der Waals surface area contributed by atoms with Gasteiger partial charge in [-0.3, -0.25) is 25.5 Å². The van der Waals surface area contributed by atoms with Crippen LogP contribution in [0.3, 0.4) is 0 Å². The van der Waals surface area contributed by atoms with Crippen molar-refractivity contribution in [1.29, 1.82) is 0 Å². The van der Waals surface area contributed by atoms with Gasteiger partial charge in [0.15, 0.2) is 0 Å². The van der Waals surface area contributed by atoms with E-state index in [-0.39, 0.29) is 104 Å². The monoisotopic (exact) mass is 2710 g/mol. The first-order chi connectivity index (χ1) is 69.5. The van der Waals surface area contributed by atoms with E-state index in [0.717, 1.165) is 126 Å². The molecule has 0 radical (unpaired) electrons. The fourth-order valence-electron chi connectivity index (χ4n) is 11.0. The maximum Gasteiger partial charge on any atom is 3.00 e. The van der Waals surface area contributed by atoms with E-state index in [4.69, 9.17) is 6.42 Å². The van der Waals surface area contributed by atoms with Crippen LogP contribution in [-0.2, 0) is 105 Å². The average molecular weight is 2710 g/mol. The van der Waals surface area contributed by atoms with Gasteiger partial charge in [-0.15, -0.1) is 35.9 Å². The summed E-state index contributed by atoms with van der Waals surface area (Å²) >= 11 is 0. The molecule has 0 aliphatic carbocycles. The van der Waals surface area contributed by atoms with Crippen molar-refractivity contribution in [3.05, 3.63) is 365 Å². The van der Waals surface area contributed by atoms with Crippen LogP contribution in [0.15, 0.2) is 295 Å². The third kappa shape index (κ3) is 37.4. The Bertz CT molecular complexity index is 6620. The van der Waals surface area contributed by atoms with Crippen LogP contribution in [0.25, 0.3) is 114 Å². The number of benzene rings is 2. The Morgan fingerprint density at radius 1 is 0.284 bits per heavy atom. The fourth-order valence-corrected chi connectivity index (χ4v) is 11.0. The predicted octanol–water partition coefficient (Wildman–Crippen LogP) is 12.9. The van der Waals surface area contributed by atoms with E-state index in [2.05, 4.69) is 214 Å². The Hall–Kier alpha value is -16.9. The van der Waals surface area contributed by atoms with E-state index in [1.165, 1.54) is 81.5 Å². The van der Waals surface area contributed by atoms with Crippen LogP contribution in [0.2, 0.25) is 0 Å². The molecular weight excluding hydrogens is 2630 g/mol. The van der Waals surface area contributed by atoms with Crippen LogP contribution in [0, 0.1) is 53.0 Å². The Morgan fingerprint density at radius 3 is 0.709 bits per heavy atom. The number of aromatic nitrogens is 42. The van der Waals surface area contributed by atoms with Gasteiger partial charge in [-0.25, -0.2) is 89.7 Å². The molecule has 0 spiro atoms. The summed E-state index contributed by atoms with van der Waals surface area (Å²) < 4.78 is 76.6. The molecule has 0 amide bonds. The molecule has 0 bridgehead atoms. The number of hydrogen-bond acceptors (Lipinski definition) is 31. The number of alkyl halides is 6. The van der Waals surface area contributed by atoms with Crippen molar-refractivity contribution >= 4 is 0 Å². The largest absolute Gasteiger partial charge is 3.00 e. The molecule has 22 rings (SSSR count). The van der Waals surface area contributed by atoms with Crippen LogP contribution >= 0.6 is 0 Å². The smallest absolute Gasteiger partial charge is 0.574 e. The molecular formula is C96H81F6Ir3N42Pt. The number of hydrogen-bond donors (Lipinski definition) is 0. The molecule has 52 heteroatoms. The molecule has 0 aliphatic rings. The molecule has 148 heavy (non-hydrogen) atoms. The summed E-state index contributed by atoms with van der Waals surface area (Å²) in [6, 6.07) is 48.9. The van der Waals surface area contributed by atoms with Crippen LogP contribution in [-0.4, -0.2) is 165 Å². The molecule has 0 saturated carbocycles. The van der Waals surface area contributed by atoms with Crippen molar-refractivity contribution in [2.45, 2.75) is 99.3 Å². The molecule has 0 saturated heterocycles. The first-order valence-corrected chi connectivity index (χ1v) is 42.6. The van der Waals surface area contributed by atoms with E-state index in [1.807, 2.05) is 210 Å². The number of rotatable bonds is 11.